The summed E-state index contributed by atoms with van der Waals surface area (Å²) in [6, 6.07) is 0. The van der Waals surface area contributed by atoms with Gasteiger partial charge in [0, 0.05) is 25.7 Å². The van der Waals surface area contributed by atoms with Gasteiger partial charge in [-0.2, -0.15) is 0 Å². The van der Waals surface area contributed by atoms with Crippen molar-refractivity contribution < 1.29 is 80.2 Å². The zero-order chi connectivity index (χ0) is 80.3. The second kappa shape index (κ2) is 80.9. The third-order valence-corrected chi connectivity index (χ3v) is 18.4. The molecule has 3 N–H and O–H groups in total. The lowest BCUT2D eigenvalue weighted by atomic mass is 10.1. The van der Waals surface area contributed by atoms with Crippen molar-refractivity contribution in [3.05, 3.63) is 194 Å². The zero-order valence-electron chi connectivity index (χ0n) is 68.1. The number of esters is 4. The number of hydrogen-bond acceptors (Lipinski definition) is 15. The maximum atomic E-state index is 13.1. The molecule has 110 heavy (non-hydrogen) atoms. The molecule has 0 aromatic carbocycles. The van der Waals surface area contributed by atoms with Crippen LogP contribution in [-0.2, 0) is 65.4 Å². The lowest BCUT2D eigenvalue weighted by Gasteiger charge is -2.21. The van der Waals surface area contributed by atoms with E-state index in [1.807, 2.05) is 18.2 Å². The third kappa shape index (κ3) is 80.0. The van der Waals surface area contributed by atoms with Crippen LogP contribution in [0.4, 0.5) is 0 Å². The van der Waals surface area contributed by atoms with Crippen molar-refractivity contribution in [1.29, 1.82) is 0 Å². The van der Waals surface area contributed by atoms with E-state index in [1.165, 1.54) is 44.9 Å². The molecule has 0 amide bonds. The molecule has 622 valence electrons. The van der Waals surface area contributed by atoms with Crippen molar-refractivity contribution in [2.45, 2.75) is 316 Å². The van der Waals surface area contributed by atoms with Crippen LogP contribution in [0.25, 0.3) is 0 Å². The van der Waals surface area contributed by atoms with Crippen LogP contribution in [0.5, 0.6) is 0 Å². The van der Waals surface area contributed by atoms with Gasteiger partial charge in [-0.25, -0.2) is 9.13 Å². The Kier molecular flexibility index (Phi) is 76.4. The number of ether oxygens (including phenoxy) is 4. The van der Waals surface area contributed by atoms with Crippen molar-refractivity contribution in [2.75, 3.05) is 39.6 Å². The molecule has 17 nitrogen and oxygen atoms in total. The first-order chi connectivity index (χ1) is 53.7. The van der Waals surface area contributed by atoms with Gasteiger partial charge in [-0.15, -0.1) is 0 Å². The Morgan fingerprint density at radius 2 is 0.491 bits per heavy atom. The number of unbranched alkanes of at least 4 members (excludes halogenated alkanes) is 18. The van der Waals surface area contributed by atoms with E-state index in [1.54, 1.807) is 0 Å². The van der Waals surface area contributed by atoms with Crippen molar-refractivity contribution in [3.63, 3.8) is 0 Å². The molecule has 0 bridgehead atoms. The Hall–Kier alpha value is -6.10. The van der Waals surface area contributed by atoms with Crippen LogP contribution < -0.4 is 0 Å². The molecule has 0 aliphatic heterocycles. The summed E-state index contributed by atoms with van der Waals surface area (Å²) in [6.45, 7) is 4.42. The second-order valence-electron chi connectivity index (χ2n) is 26.9. The quantitative estimate of drug-likeness (QED) is 0.0169. The second-order valence-corrected chi connectivity index (χ2v) is 29.8. The molecule has 0 spiro atoms. The van der Waals surface area contributed by atoms with Gasteiger partial charge in [-0.05, 0) is 180 Å². The number of hydrogen-bond donors (Lipinski definition) is 3. The molecule has 0 rings (SSSR count). The van der Waals surface area contributed by atoms with Crippen molar-refractivity contribution in [1.82, 2.24) is 0 Å². The summed E-state index contributed by atoms with van der Waals surface area (Å²) in [5.41, 5.74) is 0. The predicted molar refractivity (Wildman–Crippen MR) is 454 cm³/mol. The highest BCUT2D eigenvalue weighted by atomic mass is 31.2. The fourth-order valence-corrected chi connectivity index (χ4v) is 11.8. The number of aliphatic hydroxyl groups is 1. The summed E-state index contributed by atoms with van der Waals surface area (Å²) in [5, 5.41) is 10.7. The molecule has 19 heteroatoms. The van der Waals surface area contributed by atoms with Gasteiger partial charge < -0.3 is 33.8 Å². The molecule has 2 unspecified atom stereocenters. The van der Waals surface area contributed by atoms with Gasteiger partial charge in [0.1, 0.15) is 19.3 Å². The number of aliphatic hydroxyl groups excluding tert-OH is 1. The van der Waals surface area contributed by atoms with E-state index < -0.39 is 97.5 Å². The molecule has 0 heterocycles. The first kappa shape index (κ1) is 104. The normalized spacial score (nSPS) is 14.8. The minimum atomic E-state index is -5.02. The van der Waals surface area contributed by atoms with E-state index in [0.29, 0.717) is 32.1 Å². The molecule has 0 radical (unpaired) electrons. The average Bonchev–Trinajstić information content (AvgIpc) is 0.942. The summed E-state index contributed by atoms with van der Waals surface area (Å²) in [6.07, 6.45) is 99.9. The van der Waals surface area contributed by atoms with Crippen molar-refractivity contribution in [3.8, 4) is 0 Å². The number of carbonyl (C=O) groups is 4. The average molecular weight is 1570 g/mol. The molecule has 0 aliphatic rings. The van der Waals surface area contributed by atoms with Crippen LogP contribution >= 0.6 is 15.6 Å². The summed E-state index contributed by atoms with van der Waals surface area (Å²) < 4.78 is 68.6. The monoisotopic (exact) mass is 1570 g/mol. The van der Waals surface area contributed by atoms with E-state index in [9.17, 15) is 43.2 Å². The van der Waals surface area contributed by atoms with Crippen molar-refractivity contribution in [2.24, 2.45) is 0 Å². The van der Waals surface area contributed by atoms with Gasteiger partial charge in [-0.1, -0.05) is 286 Å². The topological polar surface area (TPSA) is 237 Å². The zero-order valence-corrected chi connectivity index (χ0v) is 69.9. The van der Waals surface area contributed by atoms with Crippen LogP contribution in [0, 0.1) is 0 Å². The summed E-state index contributed by atoms with van der Waals surface area (Å²) in [7, 11) is -10.0. The number of carbonyl (C=O) groups excluding carboxylic acids is 4. The Balaban J connectivity index is 5.52. The standard InChI is InChI=1S/C91H146O17P2/c1-5-9-13-17-21-25-29-33-36-39-42-45-48-52-55-59-63-67-71-75-88(93)101-81-86(107-90(95)77-73-69-65-61-57-51-32-28-24-20-16-12-8-4)83-105-109(97,98)103-79-85(92)80-104-110(99,100)106-84-87(108-91(96)78-74-70-66-62-58-54-50-47-44-41-38-35-31-27-23-19-15-11-7-3)82-102-89(94)76-72-68-64-60-56-53-49-46-43-40-37-34-30-26-22-18-14-10-6-2/h9,11,13,15,21-23,25-28,32-38,42-47,52-56,58,64,68,85-87,92H,5-8,10,12,14,16-20,24,29-31,39-41,48-51,57,59-63,65-67,69-84H2,1-4H3,(H,97,98)(H,99,100)/b13-9-,15-11-,25-21-,26-22-,27-23-,32-28-,36-33-,37-34-,38-35-,45-42-,46-43-,47-44-,55-52-,56-53-,58-54-,68-64-/t85-,86-,87-/m1/s1. The molecule has 0 saturated carbocycles. The number of rotatable bonds is 76. The van der Waals surface area contributed by atoms with E-state index in [2.05, 4.69) is 204 Å². The molecule has 0 fully saturated rings. The molecular weight excluding hydrogens is 1430 g/mol. The molecule has 0 aromatic rings. The lowest BCUT2D eigenvalue weighted by Crippen LogP contribution is -2.30. The molecule has 0 saturated heterocycles. The first-order valence-electron chi connectivity index (χ1n) is 41.7. The van der Waals surface area contributed by atoms with Crippen LogP contribution in [0.15, 0.2) is 194 Å². The first-order valence-corrected chi connectivity index (χ1v) is 44.7. The van der Waals surface area contributed by atoms with Gasteiger partial charge in [0.05, 0.1) is 26.4 Å². The smallest absolute Gasteiger partial charge is 0.462 e. The van der Waals surface area contributed by atoms with Crippen LogP contribution in [0.2, 0.25) is 0 Å². The Bertz CT molecular complexity index is 2850. The Morgan fingerprint density at radius 3 is 0.818 bits per heavy atom. The minimum Gasteiger partial charge on any atom is -0.462 e. The predicted octanol–water partition coefficient (Wildman–Crippen LogP) is 24.9. The van der Waals surface area contributed by atoms with E-state index in [-0.39, 0.29) is 25.7 Å². The number of allylic oxidation sites excluding steroid dienone is 32. The Morgan fingerprint density at radius 1 is 0.264 bits per heavy atom. The van der Waals surface area contributed by atoms with Crippen LogP contribution in [0.3, 0.4) is 0 Å². The van der Waals surface area contributed by atoms with E-state index >= 15 is 0 Å². The maximum absolute atomic E-state index is 13.1. The maximum Gasteiger partial charge on any atom is 0.472 e. The lowest BCUT2D eigenvalue weighted by molar-refractivity contribution is -0.161. The minimum absolute atomic E-state index is 0.0221. The molecule has 0 aliphatic carbocycles. The van der Waals surface area contributed by atoms with Crippen molar-refractivity contribution >= 4 is 39.5 Å². The number of phosphoric acid groups is 2. The third-order valence-electron chi connectivity index (χ3n) is 16.5. The fraction of sp³-hybridized carbons (Fsp3) is 0.604. The van der Waals surface area contributed by atoms with E-state index in [4.69, 9.17) is 37.0 Å². The highest BCUT2D eigenvalue weighted by molar-refractivity contribution is 7.47. The summed E-state index contributed by atoms with van der Waals surface area (Å²) in [4.78, 5) is 73.1. The Labute approximate surface area is 666 Å². The van der Waals surface area contributed by atoms with Gasteiger partial charge in [0.2, 0.25) is 0 Å². The molecule has 0 aromatic heterocycles. The largest absolute Gasteiger partial charge is 0.472 e. The molecular formula is C91H146O17P2. The van der Waals surface area contributed by atoms with Crippen LogP contribution in [-0.4, -0.2) is 96.7 Å². The summed E-state index contributed by atoms with van der Waals surface area (Å²) >= 11 is 0. The van der Waals surface area contributed by atoms with Gasteiger partial charge in [0.15, 0.2) is 12.2 Å². The summed E-state index contributed by atoms with van der Waals surface area (Å²) in [5.74, 6) is -2.37. The highest BCUT2D eigenvalue weighted by Crippen LogP contribution is 2.45. The van der Waals surface area contributed by atoms with E-state index in [0.717, 1.165) is 167 Å². The van der Waals surface area contributed by atoms with Gasteiger partial charge >= 0.3 is 39.5 Å². The van der Waals surface area contributed by atoms with Gasteiger partial charge in [-0.3, -0.25) is 37.3 Å². The SMILES string of the molecule is CC/C=C\C/C=C\C/C=C\C/C=C\C/C=C\CCCCCC(=O)OC[C@H](COP(=O)(O)OC[C@@H](O)COP(=O)(O)OC[C@@H](COC(=O)CC/C=C\C/C=C\C/C=C\C/C=C\C/C=C\CCCCC)OC(=O)CCCCC/C=C\C/C=C\C/C=C\C/C=C\C/C=C\CC)OC(=O)CCCCCCC/C=C\CCCCCC. The highest BCUT2D eigenvalue weighted by Gasteiger charge is 2.30. The fourth-order valence-electron chi connectivity index (χ4n) is 10.2. The molecule has 5 atom stereocenters. The van der Waals surface area contributed by atoms with Gasteiger partial charge in [0.25, 0.3) is 0 Å². The van der Waals surface area contributed by atoms with Crippen LogP contribution in [0.1, 0.15) is 297 Å². The number of phosphoric ester groups is 2.